The predicted molar refractivity (Wildman–Crippen MR) is 69.0 cm³/mol. The fraction of sp³-hybridized carbons (Fsp3) is 0.500. The van der Waals surface area contributed by atoms with Crippen molar-refractivity contribution in [1.82, 2.24) is 4.90 Å². The van der Waals surface area contributed by atoms with Gasteiger partial charge in [-0.3, -0.25) is 0 Å². The molecular formula is C14H21NO2. The molecule has 0 heterocycles. The van der Waals surface area contributed by atoms with E-state index in [1.165, 1.54) is 7.11 Å². The maximum Gasteiger partial charge on any atom is 0.338 e. The van der Waals surface area contributed by atoms with Gasteiger partial charge in [-0.15, -0.1) is 0 Å². The van der Waals surface area contributed by atoms with Gasteiger partial charge in [-0.25, -0.2) is 4.79 Å². The normalized spacial score (nSPS) is 10.9. The molecule has 0 amide bonds. The van der Waals surface area contributed by atoms with Gasteiger partial charge in [0.1, 0.15) is 0 Å². The van der Waals surface area contributed by atoms with Crippen molar-refractivity contribution in [3.63, 3.8) is 0 Å². The molecule has 94 valence electrons. The minimum absolute atomic E-state index is 0.265. The zero-order valence-electron chi connectivity index (χ0n) is 11.1. The van der Waals surface area contributed by atoms with Gasteiger partial charge in [0.2, 0.25) is 0 Å². The fourth-order valence-electron chi connectivity index (χ4n) is 1.95. The van der Waals surface area contributed by atoms with Gasteiger partial charge in [0, 0.05) is 13.1 Å². The van der Waals surface area contributed by atoms with Crippen molar-refractivity contribution in [2.45, 2.75) is 20.4 Å². The largest absolute Gasteiger partial charge is 0.465 e. The summed E-state index contributed by atoms with van der Waals surface area (Å²) < 4.78 is 4.78. The Labute approximate surface area is 103 Å². The molecule has 0 aliphatic heterocycles. The smallest absolute Gasteiger partial charge is 0.338 e. The molecule has 0 spiro atoms. The monoisotopic (exact) mass is 235 g/mol. The van der Waals surface area contributed by atoms with Crippen LogP contribution in [0.4, 0.5) is 0 Å². The summed E-state index contributed by atoms with van der Waals surface area (Å²) in [6, 6.07) is 7.59. The highest BCUT2D eigenvalue weighted by molar-refractivity contribution is 5.90. The Morgan fingerprint density at radius 3 is 2.59 bits per heavy atom. The molecule has 0 atom stereocenters. The van der Waals surface area contributed by atoms with Crippen molar-refractivity contribution < 1.29 is 9.53 Å². The summed E-state index contributed by atoms with van der Waals surface area (Å²) in [5.74, 6) is 0.351. The summed E-state index contributed by atoms with van der Waals surface area (Å²) in [6.45, 7) is 6.14. The number of nitrogens with zero attached hydrogens (tertiary/aromatic N) is 1. The molecule has 0 saturated heterocycles. The average Bonchev–Trinajstić information content (AvgIpc) is 2.27. The summed E-state index contributed by atoms with van der Waals surface area (Å²) in [5.41, 5.74) is 1.67. The fourth-order valence-corrected chi connectivity index (χ4v) is 1.95. The van der Waals surface area contributed by atoms with Gasteiger partial charge in [0.05, 0.1) is 12.7 Å². The van der Waals surface area contributed by atoms with E-state index >= 15 is 0 Å². The number of benzene rings is 1. The Kier molecular flexibility index (Phi) is 5.16. The van der Waals surface area contributed by atoms with Gasteiger partial charge in [-0.2, -0.15) is 0 Å². The quantitative estimate of drug-likeness (QED) is 0.735. The van der Waals surface area contributed by atoms with Crippen LogP contribution in [0.3, 0.4) is 0 Å². The Balaban J connectivity index is 2.80. The lowest BCUT2D eigenvalue weighted by atomic mass is 10.1. The van der Waals surface area contributed by atoms with E-state index in [1.54, 1.807) is 0 Å². The van der Waals surface area contributed by atoms with Crippen molar-refractivity contribution >= 4 is 5.97 Å². The number of hydrogen-bond donors (Lipinski definition) is 0. The standard InChI is InChI=1S/C14H21NO2/c1-11(2)9-15(3)10-12-7-5-6-8-13(12)14(16)17-4/h5-8,11H,9-10H2,1-4H3. The lowest BCUT2D eigenvalue weighted by molar-refractivity contribution is 0.0598. The lowest BCUT2D eigenvalue weighted by Gasteiger charge is -2.20. The molecule has 0 radical (unpaired) electrons. The number of hydrogen-bond acceptors (Lipinski definition) is 3. The first-order valence-corrected chi connectivity index (χ1v) is 5.89. The zero-order valence-corrected chi connectivity index (χ0v) is 11.1. The van der Waals surface area contributed by atoms with E-state index in [2.05, 4.69) is 25.8 Å². The summed E-state index contributed by atoms with van der Waals surface area (Å²) >= 11 is 0. The molecule has 0 unspecified atom stereocenters. The minimum atomic E-state index is -0.265. The van der Waals surface area contributed by atoms with Crippen LogP contribution >= 0.6 is 0 Å². The van der Waals surface area contributed by atoms with E-state index in [4.69, 9.17) is 4.74 Å². The number of carbonyl (C=O) groups excluding carboxylic acids is 1. The first-order valence-electron chi connectivity index (χ1n) is 5.89. The van der Waals surface area contributed by atoms with E-state index in [0.717, 1.165) is 18.7 Å². The first kappa shape index (κ1) is 13.7. The molecule has 3 nitrogen and oxygen atoms in total. The SMILES string of the molecule is COC(=O)c1ccccc1CN(C)CC(C)C. The Bertz CT molecular complexity index is 374. The van der Waals surface area contributed by atoms with Gasteiger partial charge >= 0.3 is 5.97 Å². The molecule has 0 fully saturated rings. The molecule has 1 rings (SSSR count). The van der Waals surface area contributed by atoms with Crippen LogP contribution in [-0.4, -0.2) is 31.6 Å². The van der Waals surface area contributed by atoms with Crippen LogP contribution in [0.15, 0.2) is 24.3 Å². The molecule has 0 aliphatic rings. The highest BCUT2D eigenvalue weighted by Gasteiger charge is 2.12. The molecule has 1 aromatic rings. The number of esters is 1. The number of methoxy groups -OCH3 is 1. The third-order valence-electron chi connectivity index (χ3n) is 2.54. The average molecular weight is 235 g/mol. The number of rotatable bonds is 5. The van der Waals surface area contributed by atoms with Crippen LogP contribution in [0.25, 0.3) is 0 Å². The topological polar surface area (TPSA) is 29.5 Å². The molecular weight excluding hydrogens is 214 g/mol. The second-order valence-electron chi connectivity index (χ2n) is 4.74. The van der Waals surface area contributed by atoms with Crippen LogP contribution in [0.2, 0.25) is 0 Å². The third kappa shape index (κ3) is 4.19. The zero-order chi connectivity index (χ0) is 12.8. The summed E-state index contributed by atoms with van der Waals surface area (Å²) in [6.07, 6.45) is 0. The summed E-state index contributed by atoms with van der Waals surface area (Å²) in [7, 11) is 3.48. The predicted octanol–water partition coefficient (Wildman–Crippen LogP) is 2.56. The van der Waals surface area contributed by atoms with Crippen LogP contribution < -0.4 is 0 Å². The molecule has 3 heteroatoms. The molecule has 1 aromatic carbocycles. The van der Waals surface area contributed by atoms with Crippen molar-refractivity contribution in [2.75, 3.05) is 20.7 Å². The van der Waals surface area contributed by atoms with E-state index in [0.29, 0.717) is 11.5 Å². The van der Waals surface area contributed by atoms with Crippen LogP contribution in [0.5, 0.6) is 0 Å². The van der Waals surface area contributed by atoms with Crippen molar-refractivity contribution in [3.05, 3.63) is 35.4 Å². The maximum atomic E-state index is 11.6. The number of carbonyl (C=O) groups is 1. The van der Waals surface area contributed by atoms with E-state index in [-0.39, 0.29) is 5.97 Å². The van der Waals surface area contributed by atoms with Gasteiger partial charge in [-0.05, 0) is 24.6 Å². The molecule has 17 heavy (non-hydrogen) atoms. The summed E-state index contributed by atoms with van der Waals surface area (Å²) in [4.78, 5) is 13.8. The Hall–Kier alpha value is -1.35. The third-order valence-corrected chi connectivity index (χ3v) is 2.54. The van der Waals surface area contributed by atoms with Crippen molar-refractivity contribution in [2.24, 2.45) is 5.92 Å². The van der Waals surface area contributed by atoms with Crippen LogP contribution in [-0.2, 0) is 11.3 Å². The van der Waals surface area contributed by atoms with Gasteiger partial charge in [0.25, 0.3) is 0 Å². The lowest BCUT2D eigenvalue weighted by Crippen LogP contribution is -2.24. The maximum absolute atomic E-state index is 11.6. The van der Waals surface area contributed by atoms with Crippen molar-refractivity contribution in [3.8, 4) is 0 Å². The van der Waals surface area contributed by atoms with Crippen LogP contribution in [0, 0.1) is 5.92 Å². The highest BCUT2D eigenvalue weighted by atomic mass is 16.5. The van der Waals surface area contributed by atoms with Gasteiger partial charge < -0.3 is 9.64 Å². The van der Waals surface area contributed by atoms with Gasteiger partial charge in [0.15, 0.2) is 0 Å². The highest BCUT2D eigenvalue weighted by Crippen LogP contribution is 2.13. The van der Waals surface area contributed by atoms with E-state index in [9.17, 15) is 4.79 Å². The molecule has 0 saturated carbocycles. The van der Waals surface area contributed by atoms with Gasteiger partial charge in [-0.1, -0.05) is 32.0 Å². The second kappa shape index (κ2) is 6.40. The van der Waals surface area contributed by atoms with E-state index in [1.807, 2.05) is 24.3 Å². The molecule has 0 bridgehead atoms. The molecule has 0 aromatic heterocycles. The number of ether oxygens (including phenoxy) is 1. The Morgan fingerprint density at radius 2 is 2.00 bits per heavy atom. The van der Waals surface area contributed by atoms with Crippen LogP contribution in [0.1, 0.15) is 29.8 Å². The van der Waals surface area contributed by atoms with E-state index < -0.39 is 0 Å². The first-order chi connectivity index (χ1) is 8.04. The molecule has 0 N–H and O–H groups in total. The molecule has 0 aliphatic carbocycles. The Morgan fingerprint density at radius 1 is 1.35 bits per heavy atom. The van der Waals surface area contributed by atoms with Crippen molar-refractivity contribution in [1.29, 1.82) is 0 Å². The second-order valence-corrected chi connectivity index (χ2v) is 4.74. The minimum Gasteiger partial charge on any atom is -0.465 e. The summed E-state index contributed by atoms with van der Waals surface area (Å²) in [5, 5.41) is 0.